The van der Waals surface area contributed by atoms with Crippen molar-refractivity contribution in [1.82, 2.24) is 14.9 Å². The topological polar surface area (TPSA) is 163 Å². The van der Waals surface area contributed by atoms with Crippen LogP contribution >= 0.6 is 11.3 Å². The monoisotopic (exact) mass is 490 g/mol. The van der Waals surface area contributed by atoms with Crippen LogP contribution in [0.1, 0.15) is 5.56 Å². The Hall–Kier alpha value is -3.47. The Morgan fingerprint density at radius 1 is 1.21 bits per heavy atom. The van der Waals surface area contributed by atoms with Gasteiger partial charge in [0.15, 0.2) is 0 Å². The fraction of sp³-hybridized carbons (Fsp3) is 0.300. The molecule has 1 aliphatic heterocycles. The minimum absolute atomic E-state index is 0.0431. The number of rotatable bonds is 9. The lowest BCUT2D eigenvalue weighted by molar-refractivity contribution is -0.307. The fourth-order valence-electron chi connectivity index (χ4n) is 3.12. The zero-order chi connectivity index (χ0) is 24.0. The van der Waals surface area contributed by atoms with Crippen LogP contribution in [0.2, 0.25) is 0 Å². The summed E-state index contributed by atoms with van der Waals surface area (Å²) in [6.07, 6.45) is 0. The molecule has 1 aromatic heterocycles. The minimum atomic E-state index is -4.07. The molecule has 2 N–H and O–H groups in total. The van der Waals surface area contributed by atoms with Gasteiger partial charge in [-0.05, 0) is 35.7 Å². The molecule has 2 aromatic rings. The number of nitriles is 1. The number of nitrogens with zero attached hydrogens (tertiary/aromatic N) is 3. The molecule has 2 amide bonds. The summed E-state index contributed by atoms with van der Waals surface area (Å²) in [5.41, 5.74) is 1.29. The smallest absolute Gasteiger partial charge is 0.250 e. The van der Waals surface area contributed by atoms with E-state index in [1.165, 1.54) is 22.4 Å². The third kappa shape index (κ3) is 6.28. The van der Waals surface area contributed by atoms with E-state index in [0.29, 0.717) is 12.1 Å². The molecule has 1 saturated heterocycles. The third-order valence-corrected chi connectivity index (χ3v) is 7.73. The van der Waals surface area contributed by atoms with Gasteiger partial charge in [0.05, 0.1) is 36.7 Å². The quantitative estimate of drug-likeness (QED) is 0.428. The SMILES string of the molecule is N#Cc1ccc(N2CCN(CC(=O)NCC(NS(=O)(=O)c3cccs3)C(=O)[O-])C(=O)C2)cc1. The predicted octanol–water partition coefficient (Wildman–Crippen LogP) is -1.52. The first kappa shape index (κ1) is 24.2. The number of nitrogens with one attached hydrogen (secondary N) is 2. The molecular formula is C20H20N5O6S2-. The van der Waals surface area contributed by atoms with E-state index >= 15 is 0 Å². The average Bonchev–Trinajstić information content (AvgIpc) is 3.34. The number of sulfonamides is 1. The summed E-state index contributed by atoms with van der Waals surface area (Å²) in [4.78, 5) is 39.2. The summed E-state index contributed by atoms with van der Waals surface area (Å²) in [6.45, 7) is -0.0570. The highest BCUT2D eigenvalue weighted by atomic mass is 32.2. The van der Waals surface area contributed by atoms with Crippen molar-refractivity contribution in [2.75, 3.05) is 37.6 Å². The van der Waals surface area contributed by atoms with Crippen LogP contribution in [0.15, 0.2) is 46.0 Å². The number of hydrogen-bond donors (Lipinski definition) is 2. The number of thiophene rings is 1. The first-order valence-corrected chi connectivity index (χ1v) is 12.1. The van der Waals surface area contributed by atoms with Crippen LogP contribution in [0.25, 0.3) is 0 Å². The first-order valence-electron chi connectivity index (χ1n) is 9.76. The van der Waals surface area contributed by atoms with Crippen molar-refractivity contribution in [3.05, 3.63) is 47.3 Å². The fourth-order valence-corrected chi connectivity index (χ4v) is 5.32. The molecule has 1 aliphatic rings. The molecule has 0 spiro atoms. The molecule has 1 unspecified atom stereocenters. The number of carboxylic acids is 1. The summed E-state index contributed by atoms with van der Waals surface area (Å²) in [7, 11) is -4.07. The van der Waals surface area contributed by atoms with Gasteiger partial charge < -0.3 is 25.0 Å². The Morgan fingerprint density at radius 2 is 1.94 bits per heavy atom. The van der Waals surface area contributed by atoms with Crippen molar-refractivity contribution in [2.24, 2.45) is 0 Å². The second-order valence-electron chi connectivity index (χ2n) is 7.12. The number of hydrogen-bond acceptors (Lipinski definition) is 9. The molecule has 0 aliphatic carbocycles. The maximum atomic E-state index is 12.5. The van der Waals surface area contributed by atoms with E-state index in [0.717, 1.165) is 17.0 Å². The predicted molar refractivity (Wildman–Crippen MR) is 116 cm³/mol. The molecule has 1 fully saturated rings. The lowest BCUT2D eigenvalue weighted by Crippen LogP contribution is -2.56. The number of carboxylic acid groups (broad SMARTS) is 1. The Morgan fingerprint density at radius 3 is 2.52 bits per heavy atom. The van der Waals surface area contributed by atoms with Crippen molar-refractivity contribution >= 4 is 44.8 Å². The Kier molecular flexibility index (Phi) is 7.64. The second-order valence-corrected chi connectivity index (χ2v) is 10.0. The molecule has 2 heterocycles. The Bertz CT molecular complexity index is 1160. The van der Waals surface area contributed by atoms with Crippen LogP contribution in [-0.4, -0.2) is 69.9 Å². The minimum Gasteiger partial charge on any atom is -0.548 e. The summed E-state index contributed by atoms with van der Waals surface area (Å²) in [5.74, 6) is -2.62. The third-order valence-electron chi connectivity index (χ3n) is 4.86. The number of carbonyl (C=O) groups excluding carboxylic acids is 3. The largest absolute Gasteiger partial charge is 0.548 e. The second kappa shape index (κ2) is 10.4. The maximum Gasteiger partial charge on any atom is 0.250 e. The molecule has 13 heteroatoms. The normalized spacial score (nSPS) is 15.1. The molecule has 11 nitrogen and oxygen atoms in total. The van der Waals surface area contributed by atoms with Gasteiger partial charge in [-0.25, -0.2) is 8.42 Å². The standard InChI is InChI=1S/C20H21N5O6S2/c21-10-14-3-5-15(6-4-14)24-7-8-25(18(27)13-24)12-17(26)22-11-16(20(28)29)23-33(30,31)19-2-1-9-32-19/h1-6,9,16,23H,7-8,11-13H2,(H,22,26)(H,28,29)/p-1. The van der Waals surface area contributed by atoms with Crippen LogP contribution in [0.4, 0.5) is 5.69 Å². The number of aliphatic carboxylic acids is 1. The van der Waals surface area contributed by atoms with Crippen LogP contribution in [0.5, 0.6) is 0 Å². The summed E-state index contributed by atoms with van der Waals surface area (Å²) in [6, 6.07) is 9.97. The molecule has 3 rings (SSSR count). The molecule has 0 bridgehead atoms. The highest BCUT2D eigenvalue weighted by Gasteiger charge is 2.27. The highest BCUT2D eigenvalue weighted by Crippen LogP contribution is 2.18. The van der Waals surface area contributed by atoms with Gasteiger partial charge >= 0.3 is 0 Å². The van der Waals surface area contributed by atoms with Crippen molar-refractivity contribution in [1.29, 1.82) is 5.26 Å². The molecular weight excluding hydrogens is 470 g/mol. The van der Waals surface area contributed by atoms with Crippen molar-refractivity contribution in [3.63, 3.8) is 0 Å². The number of amides is 2. The van der Waals surface area contributed by atoms with Gasteiger partial charge in [0.25, 0.3) is 10.0 Å². The zero-order valence-corrected chi connectivity index (χ0v) is 18.9. The average molecular weight is 491 g/mol. The van der Waals surface area contributed by atoms with Gasteiger partial charge in [0.1, 0.15) is 4.21 Å². The van der Waals surface area contributed by atoms with Gasteiger partial charge in [0, 0.05) is 25.3 Å². The Balaban J connectivity index is 1.51. The maximum absolute atomic E-state index is 12.5. The van der Waals surface area contributed by atoms with E-state index in [-0.39, 0.29) is 29.8 Å². The van der Waals surface area contributed by atoms with Gasteiger partial charge in [-0.15, -0.1) is 11.3 Å². The van der Waals surface area contributed by atoms with E-state index in [2.05, 4.69) is 5.32 Å². The number of benzene rings is 1. The lowest BCUT2D eigenvalue weighted by Gasteiger charge is -2.35. The summed E-state index contributed by atoms with van der Waals surface area (Å²) < 4.78 is 26.4. The number of anilines is 1. The van der Waals surface area contributed by atoms with Gasteiger partial charge in [-0.3, -0.25) is 9.59 Å². The van der Waals surface area contributed by atoms with Crippen LogP contribution in [-0.2, 0) is 24.4 Å². The zero-order valence-electron chi connectivity index (χ0n) is 17.3. The molecule has 0 saturated carbocycles. The van der Waals surface area contributed by atoms with E-state index < -0.39 is 34.5 Å². The van der Waals surface area contributed by atoms with Gasteiger partial charge in [-0.2, -0.15) is 9.98 Å². The molecule has 0 radical (unpaired) electrons. The van der Waals surface area contributed by atoms with Crippen molar-refractivity contribution < 1.29 is 27.9 Å². The highest BCUT2D eigenvalue weighted by molar-refractivity contribution is 7.91. The number of carbonyl (C=O) groups is 3. The van der Waals surface area contributed by atoms with Crippen LogP contribution < -0.4 is 20.0 Å². The summed E-state index contributed by atoms with van der Waals surface area (Å²) in [5, 5.41) is 24.1. The first-order chi connectivity index (χ1) is 15.7. The molecule has 1 atom stereocenters. The Labute approximate surface area is 194 Å². The molecule has 1 aromatic carbocycles. The van der Waals surface area contributed by atoms with Gasteiger partial charge in [-0.1, -0.05) is 6.07 Å². The van der Waals surface area contributed by atoms with Crippen molar-refractivity contribution in [2.45, 2.75) is 10.3 Å². The van der Waals surface area contributed by atoms with E-state index in [1.54, 1.807) is 24.3 Å². The van der Waals surface area contributed by atoms with Crippen LogP contribution in [0.3, 0.4) is 0 Å². The molecule has 174 valence electrons. The van der Waals surface area contributed by atoms with Crippen molar-refractivity contribution in [3.8, 4) is 6.07 Å². The molecule has 33 heavy (non-hydrogen) atoms. The van der Waals surface area contributed by atoms with E-state index in [1.807, 2.05) is 15.7 Å². The van der Waals surface area contributed by atoms with Gasteiger partial charge in [0.2, 0.25) is 11.8 Å². The van der Waals surface area contributed by atoms with Crippen LogP contribution in [0, 0.1) is 11.3 Å². The van der Waals surface area contributed by atoms with E-state index in [4.69, 9.17) is 5.26 Å². The summed E-state index contributed by atoms with van der Waals surface area (Å²) >= 11 is 0.918. The number of piperazine rings is 1. The lowest BCUT2D eigenvalue weighted by atomic mass is 10.2. The van der Waals surface area contributed by atoms with E-state index in [9.17, 15) is 27.9 Å².